The molecule has 0 aromatic heterocycles. The van der Waals surface area contributed by atoms with Crippen LogP contribution in [0.15, 0.2) is 77.8 Å². The molecule has 0 aliphatic carbocycles. The van der Waals surface area contributed by atoms with Crippen LogP contribution in [0.2, 0.25) is 0 Å². The van der Waals surface area contributed by atoms with Gasteiger partial charge in [-0.15, -0.1) is 0 Å². The highest BCUT2D eigenvalue weighted by molar-refractivity contribution is 5.98. The lowest BCUT2D eigenvalue weighted by molar-refractivity contribution is -0.192. The standard InChI is InChI=1S/C29H30F3N3O4.C2HF3O2/c1-38-25-15-11-20(17-26(25)39-2)10-14-24(36)23(16-19-6-4-3-5-7-19)34-28(33)35-27(37)18-21-8-12-22(13-9-21)29(30,31)32;3-2(4,5)1(6)7/h3-9,11-13,15,17,23H,10,14,16,18H2,1-2H3,(H3,33,34,35,37);(H,6,7)/t23-;/m1./s1. The molecule has 0 bridgehead atoms. The Hall–Kier alpha value is -5.08. The van der Waals surface area contributed by atoms with Crippen molar-refractivity contribution < 1.29 is 55.3 Å². The number of ether oxygens (including phenoxy) is 2. The minimum Gasteiger partial charge on any atom is -0.493 e. The first kappa shape index (κ1) is 37.1. The van der Waals surface area contributed by atoms with Crippen molar-refractivity contribution >= 4 is 23.6 Å². The molecule has 46 heavy (non-hydrogen) atoms. The van der Waals surface area contributed by atoms with Crippen molar-refractivity contribution in [3.05, 3.63) is 95.1 Å². The molecule has 3 aromatic rings. The van der Waals surface area contributed by atoms with E-state index >= 15 is 0 Å². The molecule has 0 spiro atoms. The summed E-state index contributed by atoms with van der Waals surface area (Å²) in [5, 5.41) is 9.55. The third-order valence-corrected chi connectivity index (χ3v) is 6.20. The molecular weight excluding hydrogens is 624 g/mol. The molecule has 15 heteroatoms. The lowest BCUT2D eigenvalue weighted by Crippen LogP contribution is -2.40. The van der Waals surface area contributed by atoms with E-state index in [-0.39, 0.29) is 31.0 Å². The van der Waals surface area contributed by atoms with Crippen LogP contribution in [0.1, 0.15) is 28.7 Å². The predicted octanol–water partition coefficient (Wildman–Crippen LogP) is 5.14. The largest absolute Gasteiger partial charge is 0.493 e. The van der Waals surface area contributed by atoms with Gasteiger partial charge < -0.3 is 20.3 Å². The number of rotatable bonds is 11. The highest BCUT2D eigenvalue weighted by atomic mass is 19.4. The molecule has 3 rings (SSSR count). The topological polar surface area (TPSA) is 140 Å². The lowest BCUT2D eigenvalue weighted by atomic mass is 9.98. The summed E-state index contributed by atoms with van der Waals surface area (Å²) in [7, 11) is 3.08. The smallest absolute Gasteiger partial charge is 0.490 e. The number of methoxy groups -OCH3 is 2. The van der Waals surface area contributed by atoms with E-state index in [0.29, 0.717) is 23.5 Å². The highest BCUT2D eigenvalue weighted by Crippen LogP contribution is 2.29. The van der Waals surface area contributed by atoms with Crippen LogP contribution in [0, 0.1) is 0 Å². The number of hydrogen-bond donors (Lipinski definition) is 3. The van der Waals surface area contributed by atoms with E-state index < -0.39 is 35.8 Å². The van der Waals surface area contributed by atoms with Crippen molar-refractivity contribution in [3.63, 3.8) is 0 Å². The summed E-state index contributed by atoms with van der Waals surface area (Å²) in [5.74, 6) is -2.60. The minimum absolute atomic E-state index is 0.170. The van der Waals surface area contributed by atoms with E-state index in [0.717, 1.165) is 23.3 Å². The summed E-state index contributed by atoms with van der Waals surface area (Å²) in [5.41, 5.74) is 7.28. The first-order valence-corrected chi connectivity index (χ1v) is 13.4. The number of nitrogens with zero attached hydrogens (tertiary/aromatic N) is 1. The number of aliphatic imine (C=N–C) groups is 1. The van der Waals surface area contributed by atoms with Gasteiger partial charge in [0.25, 0.3) is 0 Å². The van der Waals surface area contributed by atoms with Gasteiger partial charge in [-0.2, -0.15) is 26.3 Å². The summed E-state index contributed by atoms with van der Waals surface area (Å²) in [6, 6.07) is 18.1. The number of hydrogen-bond acceptors (Lipinski definition) is 6. The van der Waals surface area contributed by atoms with Crippen LogP contribution < -0.4 is 20.5 Å². The molecule has 4 N–H and O–H groups in total. The number of carbonyl (C=O) groups excluding carboxylic acids is 2. The number of amides is 1. The van der Waals surface area contributed by atoms with Gasteiger partial charge in [-0.3, -0.25) is 14.9 Å². The van der Waals surface area contributed by atoms with Gasteiger partial charge in [-0.05, 0) is 47.4 Å². The van der Waals surface area contributed by atoms with Crippen LogP contribution in [-0.4, -0.2) is 55.2 Å². The monoisotopic (exact) mass is 655 g/mol. The second-order valence-corrected chi connectivity index (χ2v) is 9.60. The number of nitrogens with one attached hydrogen (secondary N) is 1. The Balaban J connectivity index is 0.000000942. The predicted molar refractivity (Wildman–Crippen MR) is 155 cm³/mol. The molecule has 1 amide bonds. The normalized spacial score (nSPS) is 12.3. The highest BCUT2D eigenvalue weighted by Gasteiger charge is 2.38. The number of carbonyl (C=O) groups is 3. The van der Waals surface area contributed by atoms with Gasteiger partial charge in [0.1, 0.15) is 6.04 Å². The summed E-state index contributed by atoms with van der Waals surface area (Å²) in [4.78, 5) is 38.8. The third-order valence-electron chi connectivity index (χ3n) is 6.20. The molecule has 0 radical (unpaired) electrons. The molecule has 0 heterocycles. The molecule has 0 saturated heterocycles. The van der Waals surface area contributed by atoms with Gasteiger partial charge in [0.05, 0.1) is 26.2 Å². The van der Waals surface area contributed by atoms with Crippen molar-refractivity contribution in [1.82, 2.24) is 5.32 Å². The van der Waals surface area contributed by atoms with Gasteiger partial charge in [0.15, 0.2) is 23.2 Å². The van der Waals surface area contributed by atoms with Crippen molar-refractivity contribution in [2.45, 2.75) is 44.1 Å². The van der Waals surface area contributed by atoms with Crippen molar-refractivity contribution in [1.29, 1.82) is 0 Å². The van der Waals surface area contributed by atoms with Gasteiger partial charge in [-0.1, -0.05) is 48.5 Å². The molecule has 248 valence electrons. The Morgan fingerprint density at radius 2 is 1.41 bits per heavy atom. The second kappa shape index (κ2) is 16.8. The lowest BCUT2D eigenvalue weighted by Gasteiger charge is -2.14. The summed E-state index contributed by atoms with van der Waals surface area (Å²) < 4.78 is 80.6. The Morgan fingerprint density at radius 1 is 0.848 bits per heavy atom. The molecule has 9 nitrogen and oxygen atoms in total. The SMILES string of the molecule is COc1ccc(CCC(=O)[C@@H](Cc2ccccc2)N=C(N)NC(=O)Cc2ccc(C(F)(F)F)cc2)cc1OC.O=C(O)C(F)(F)F. The van der Waals surface area contributed by atoms with Crippen molar-refractivity contribution in [2.75, 3.05) is 14.2 Å². The van der Waals surface area contributed by atoms with E-state index in [4.69, 9.17) is 25.1 Å². The molecule has 0 unspecified atom stereocenters. The molecular formula is C31H31F6N3O6. The van der Waals surface area contributed by atoms with Crippen LogP contribution >= 0.6 is 0 Å². The first-order valence-electron chi connectivity index (χ1n) is 13.4. The number of alkyl halides is 6. The summed E-state index contributed by atoms with van der Waals surface area (Å²) in [6.07, 6.45) is -8.87. The number of nitrogens with two attached hydrogens (primary N) is 1. The van der Waals surface area contributed by atoms with E-state index in [2.05, 4.69) is 10.3 Å². The maximum atomic E-state index is 13.2. The molecule has 0 aliphatic rings. The average molecular weight is 656 g/mol. The molecule has 0 saturated carbocycles. The number of aryl methyl sites for hydroxylation is 1. The maximum Gasteiger partial charge on any atom is 0.490 e. The fourth-order valence-electron chi connectivity index (χ4n) is 3.92. The number of ketones is 1. The first-order chi connectivity index (χ1) is 21.5. The van der Waals surface area contributed by atoms with Crippen LogP contribution in [0.3, 0.4) is 0 Å². The van der Waals surface area contributed by atoms with Crippen LogP contribution in [0.5, 0.6) is 11.5 Å². The maximum absolute atomic E-state index is 13.2. The Bertz CT molecular complexity index is 1490. The van der Waals surface area contributed by atoms with Crippen molar-refractivity contribution in [2.24, 2.45) is 10.7 Å². The summed E-state index contributed by atoms with van der Waals surface area (Å²) in [6.45, 7) is 0. The fraction of sp³-hybridized carbons (Fsp3) is 0.290. The van der Waals surface area contributed by atoms with Crippen LogP contribution in [0.25, 0.3) is 0 Å². The number of carboxylic acid groups (broad SMARTS) is 1. The number of aliphatic carboxylic acids is 1. The number of benzene rings is 3. The number of Topliss-reactive ketones (excluding diaryl/α,β-unsaturated/α-hetero) is 1. The minimum atomic E-state index is -5.08. The molecule has 1 atom stereocenters. The fourth-order valence-corrected chi connectivity index (χ4v) is 3.92. The average Bonchev–Trinajstić information content (AvgIpc) is 2.99. The third kappa shape index (κ3) is 12.5. The Morgan fingerprint density at radius 3 is 1.93 bits per heavy atom. The Kier molecular flexibility index (Phi) is 13.6. The van der Waals surface area contributed by atoms with Crippen LogP contribution in [0.4, 0.5) is 26.3 Å². The zero-order chi connectivity index (χ0) is 34.5. The summed E-state index contributed by atoms with van der Waals surface area (Å²) >= 11 is 0. The number of halogens is 6. The van der Waals surface area contributed by atoms with Crippen molar-refractivity contribution in [3.8, 4) is 11.5 Å². The van der Waals surface area contributed by atoms with E-state index in [1.54, 1.807) is 19.2 Å². The van der Waals surface area contributed by atoms with Gasteiger partial charge in [0, 0.05) is 12.8 Å². The second-order valence-electron chi connectivity index (χ2n) is 9.60. The molecule has 3 aromatic carbocycles. The molecule has 0 fully saturated rings. The van der Waals surface area contributed by atoms with Gasteiger partial charge >= 0.3 is 18.3 Å². The number of carboxylic acids is 1. The van der Waals surface area contributed by atoms with Gasteiger partial charge in [-0.25, -0.2) is 9.79 Å². The Labute approximate surface area is 260 Å². The number of guanidine groups is 1. The van der Waals surface area contributed by atoms with E-state index in [1.165, 1.54) is 19.2 Å². The van der Waals surface area contributed by atoms with Gasteiger partial charge in [0.2, 0.25) is 5.91 Å². The van der Waals surface area contributed by atoms with E-state index in [9.17, 15) is 35.9 Å². The zero-order valence-electron chi connectivity index (χ0n) is 24.6. The quantitative estimate of drug-likeness (QED) is 0.148. The van der Waals surface area contributed by atoms with Crippen LogP contribution in [-0.2, 0) is 39.8 Å². The van der Waals surface area contributed by atoms with E-state index in [1.807, 2.05) is 36.4 Å². The molecule has 0 aliphatic heterocycles. The zero-order valence-corrected chi connectivity index (χ0v) is 24.6.